The summed E-state index contributed by atoms with van der Waals surface area (Å²) in [6.07, 6.45) is 13.7. The lowest BCUT2D eigenvalue weighted by molar-refractivity contribution is -0.116. The Balaban J connectivity index is 0.000000157. The summed E-state index contributed by atoms with van der Waals surface area (Å²) in [5.41, 5.74) is 8.78. The molecule has 0 bridgehead atoms. The number of amides is 4. The molecule has 0 unspecified atom stereocenters. The first-order valence-electron chi connectivity index (χ1n) is 16.7. The number of rotatable bonds is 8. The number of carbonyl (C=O) groups is 4. The number of nitrogens with one attached hydrogen (secondary N) is 3. The van der Waals surface area contributed by atoms with Crippen LogP contribution in [0.4, 0.5) is 9.59 Å². The number of hydrogen-bond acceptors (Lipinski definition) is 10. The summed E-state index contributed by atoms with van der Waals surface area (Å²) < 4.78 is 11.2. The predicted molar refractivity (Wildman–Crippen MR) is 209 cm³/mol. The second kappa shape index (κ2) is 14.6. The van der Waals surface area contributed by atoms with Crippen molar-refractivity contribution < 1.29 is 23.9 Å². The van der Waals surface area contributed by atoms with Crippen molar-refractivity contribution in [1.82, 2.24) is 44.5 Å². The van der Waals surface area contributed by atoms with Gasteiger partial charge in [0.05, 0.1) is 64.4 Å². The van der Waals surface area contributed by atoms with Crippen LogP contribution in [-0.4, -0.2) is 63.3 Å². The second-order valence-corrected chi connectivity index (χ2v) is 14.5. The fourth-order valence-electron chi connectivity index (χ4n) is 6.26. The average Bonchev–Trinajstić information content (AvgIpc) is 4.02. The van der Waals surface area contributed by atoms with Crippen LogP contribution in [0.25, 0.3) is 45.1 Å². The Hall–Kier alpha value is -6.39. The first-order valence-corrected chi connectivity index (χ1v) is 18.3. The third-order valence-corrected chi connectivity index (χ3v) is 10.5. The molecule has 3 N–H and O–H groups in total. The van der Waals surface area contributed by atoms with E-state index in [9.17, 15) is 19.2 Å². The zero-order valence-electron chi connectivity index (χ0n) is 28.9. The minimum absolute atomic E-state index is 0.339. The summed E-state index contributed by atoms with van der Waals surface area (Å²) in [6, 6.07) is 17.6. The maximum atomic E-state index is 11.8. The average molecular weight is 758 g/mol. The van der Waals surface area contributed by atoms with Crippen molar-refractivity contribution in [3.63, 3.8) is 0 Å². The minimum atomic E-state index is -0.353. The van der Waals surface area contributed by atoms with Gasteiger partial charge in [-0.25, -0.2) is 9.97 Å². The lowest BCUT2D eigenvalue weighted by atomic mass is 10.1. The lowest BCUT2D eigenvalue weighted by Gasteiger charge is -2.06. The topological polar surface area (TPSA) is 171 Å². The Morgan fingerprint density at radius 1 is 0.796 bits per heavy atom. The van der Waals surface area contributed by atoms with Gasteiger partial charge in [0.1, 0.15) is 5.75 Å². The normalized spacial score (nSPS) is 15.8. The highest BCUT2D eigenvalue weighted by molar-refractivity contribution is 8.18. The number of methoxy groups -OCH3 is 1. The summed E-state index contributed by atoms with van der Waals surface area (Å²) in [7, 11) is 3.55. The Kier molecular flexibility index (Phi) is 9.35. The standard InChI is InChI=1S/C22H18N4O3S.C16H13N5O2S/c1-29-15-3-5-17-16(10-15)14(11-23-17)6-7-26-12-24-18-4-2-13(8-19(18)26)9-20-21(27)25-22(28)30-20;1-20-7-11(6-18-20)8-21-9-17-12-3-2-10(4-13(12)21)5-14-15(22)19-16(23)24-14/h2-5,8-12,23H,6-7H2,1H3,(H,25,27,28);2-7,9H,8H2,1H3,(H,19,22,23). The summed E-state index contributed by atoms with van der Waals surface area (Å²) in [6.45, 7) is 1.42. The highest BCUT2D eigenvalue weighted by Gasteiger charge is 2.26. The molecule has 4 aromatic heterocycles. The molecular weight excluding hydrogens is 727 g/mol. The number of ether oxygens (including phenoxy) is 1. The van der Waals surface area contributed by atoms with Crippen LogP contribution in [0.5, 0.6) is 5.75 Å². The van der Waals surface area contributed by atoms with Crippen molar-refractivity contribution in [3.05, 3.63) is 118 Å². The fourth-order valence-corrected chi connectivity index (χ4v) is 7.62. The van der Waals surface area contributed by atoms with E-state index < -0.39 is 0 Å². The van der Waals surface area contributed by atoms with Crippen molar-refractivity contribution in [3.8, 4) is 5.75 Å². The number of H-pyrrole nitrogens is 1. The lowest BCUT2D eigenvalue weighted by Crippen LogP contribution is -2.17. The first-order chi connectivity index (χ1) is 26.2. The summed E-state index contributed by atoms with van der Waals surface area (Å²) in [5.74, 6) is 0.128. The molecule has 0 radical (unpaired) electrons. The largest absolute Gasteiger partial charge is 0.497 e. The Labute approximate surface area is 315 Å². The number of imide groups is 2. The zero-order chi connectivity index (χ0) is 37.3. The van der Waals surface area contributed by atoms with Crippen molar-refractivity contribution in [1.29, 1.82) is 0 Å². The molecule has 7 aromatic rings. The number of nitrogens with zero attached hydrogens (tertiary/aromatic N) is 6. The van der Waals surface area contributed by atoms with Crippen molar-refractivity contribution in [2.45, 2.75) is 19.5 Å². The number of imidazole rings is 2. The number of aryl methyl sites for hydroxylation is 3. The van der Waals surface area contributed by atoms with Crippen LogP contribution < -0.4 is 15.4 Å². The first kappa shape index (κ1) is 34.7. The van der Waals surface area contributed by atoms with Gasteiger partial charge < -0.3 is 18.9 Å². The predicted octanol–water partition coefficient (Wildman–Crippen LogP) is 6.23. The zero-order valence-corrected chi connectivity index (χ0v) is 30.5. The molecule has 3 aromatic carbocycles. The fraction of sp³-hybridized carbons (Fsp3) is 0.132. The molecule has 9 rings (SSSR count). The van der Waals surface area contributed by atoms with E-state index in [1.54, 1.807) is 30.3 Å². The number of aromatic amines is 1. The molecule has 4 amide bonds. The van der Waals surface area contributed by atoms with Crippen molar-refractivity contribution >= 4 is 90.9 Å². The van der Waals surface area contributed by atoms with E-state index in [1.807, 2.05) is 91.1 Å². The second-order valence-electron chi connectivity index (χ2n) is 12.5. The van der Waals surface area contributed by atoms with Crippen LogP contribution >= 0.6 is 23.5 Å². The molecule has 0 atom stereocenters. The van der Waals surface area contributed by atoms with Crippen LogP contribution in [0.15, 0.2) is 95.7 Å². The van der Waals surface area contributed by atoms with Gasteiger partial charge >= 0.3 is 0 Å². The molecule has 6 heterocycles. The number of aromatic nitrogens is 7. The van der Waals surface area contributed by atoms with Gasteiger partial charge in [-0.1, -0.05) is 12.1 Å². The summed E-state index contributed by atoms with van der Waals surface area (Å²) >= 11 is 1.83. The molecule has 2 aliphatic rings. The maximum absolute atomic E-state index is 11.8. The van der Waals surface area contributed by atoms with Gasteiger partial charge in [0.25, 0.3) is 22.3 Å². The van der Waals surface area contributed by atoms with Crippen molar-refractivity contribution in [2.24, 2.45) is 7.05 Å². The highest BCUT2D eigenvalue weighted by atomic mass is 32.2. The molecule has 16 heteroatoms. The van der Waals surface area contributed by atoms with E-state index in [4.69, 9.17) is 4.74 Å². The van der Waals surface area contributed by atoms with Gasteiger partial charge in [0.15, 0.2) is 0 Å². The smallest absolute Gasteiger partial charge is 0.290 e. The SMILES string of the molecule is COc1ccc2[nH]cc(CCn3cnc4ccc(C=C5SC(=O)NC5=O)cc43)c2c1.Cn1cc(Cn2cnc3ccc(C=C4SC(=O)NC4=O)cc32)cn1. The molecule has 0 saturated carbocycles. The molecule has 2 saturated heterocycles. The van der Waals surface area contributed by atoms with Gasteiger partial charge in [-0.05, 0) is 101 Å². The number of thioether (sulfide) groups is 2. The highest BCUT2D eigenvalue weighted by Crippen LogP contribution is 2.29. The van der Waals surface area contributed by atoms with E-state index in [1.165, 1.54) is 5.56 Å². The summed E-state index contributed by atoms with van der Waals surface area (Å²) in [4.78, 5) is 59.1. The van der Waals surface area contributed by atoms with E-state index in [-0.39, 0.29) is 22.3 Å². The van der Waals surface area contributed by atoms with Gasteiger partial charge in [-0.2, -0.15) is 5.10 Å². The molecule has 54 heavy (non-hydrogen) atoms. The van der Waals surface area contributed by atoms with Crippen LogP contribution in [-0.2, 0) is 36.1 Å². The minimum Gasteiger partial charge on any atom is -0.497 e. The third-order valence-electron chi connectivity index (χ3n) is 8.88. The molecule has 14 nitrogen and oxygen atoms in total. The van der Waals surface area contributed by atoms with E-state index in [0.29, 0.717) is 16.4 Å². The molecular formula is C38H31N9O5S2. The maximum Gasteiger partial charge on any atom is 0.290 e. The van der Waals surface area contributed by atoms with Crippen LogP contribution in [0.1, 0.15) is 22.3 Å². The Morgan fingerprint density at radius 2 is 1.43 bits per heavy atom. The van der Waals surface area contributed by atoms with E-state index >= 15 is 0 Å². The van der Waals surface area contributed by atoms with E-state index in [2.05, 4.69) is 35.3 Å². The van der Waals surface area contributed by atoms with Crippen LogP contribution in [0, 0.1) is 0 Å². The quantitative estimate of drug-likeness (QED) is 0.151. The van der Waals surface area contributed by atoms with Crippen LogP contribution in [0.2, 0.25) is 0 Å². The monoisotopic (exact) mass is 757 g/mol. The molecule has 270 valence electrons. The Morgan fingerprint density at radius 3 is 2.00 bits per heavy atom. The van der Waals surface area contributed by atoms with Gasteiger partial charge in [-0.3, -0.25) is 34.5 Å². The third kappa shape index (κ3) is 7.29. The van der Waals surface area contributed by atoms with E-state index in [0.717, 1.165) is 91.9 Å². The molecule has 2 aliphatic heterocycles. The number of benzene rings is 3. The Bertz CT molecular complexity index is 2700. The number of fused-ring (bicyclic) bond motifs is 3. The number of hydrogen-bond donors (Lipinski definition) is 3. The molecule has 0 spiro atoms. The van der Waals surface area contributed by atoms with Gasteiger partial charge in [0.2, 0.25) is 0 Å². The molecule has 0 aliphatic carbocycles. The van der Waals surface area contributed by atoms with Gasteiger partial charge in [0, 0.05) is 42.5 Å². The summed E-state index contributed by atoms with van der Waals surface area (Å²) in [5, 5.41) is 9.18. The van der Waals surface area contributed by atoms with Gasteiger partial charge in [-0.15, -0.1) is 0 Å². The van der Waals surface area contributed by atoms with Crippen LogP contribution in [0.3, 0.4) is 0 Å². The van der Waals surface area contributed by atoms with Crippen molar-refractivity contribution in [2.75, 3.05) is 7.11 Å². The number of carbonyl (C=O) groups excluding carboxylic acids is 4. The molecule has 2 fully saturated rings.